The molecule has 9 rings (SSSR count). The number of nitrogens with one attached hydrogen (secondary N) is 1. The zero-order valence-corrected chi connectivity index (χ0v) is 28.5. The van der Waals surface area contributed by atoms with Gasteiger partial charge in [0.25, 0.3) is 5.91 Å². The number of methoxy groups -OCH3 is 1. The highest BCUT2D eigenvalue weighted by atomic mass is 32.1. The molecule has 2 atom stereocenters. The van der Waals surface area contributed by atoms with Gasteiger partial charge in [-0.3, -0.25) is 9.78 Å². The van der Waals surface area contributed by atoms with E-state index in [-0.39, 0.29) is 35.4 Å². The highest BCUT2D eigenvalue weighted by Crippen LogP contribution is 2.51. The fourth-order valence-electron chi connectivity index (χ4n) is 7.91. The van der Waals surface area contributed by atoms with Gasteiger partial charge in [-0.2, -0.15) is 4.39 Å². The van der Waals surface area contributed by atoms with E-state index in [1.54, 1.807) is 25.3 Å². The molecule has 0 spiro atoms. The van der Waals surface area contributed by atoms with Gasteiger partial charge < -0.3 is 19.4 Å². The van der Waals surface area contributed by atoms with Crippen LogP contribution in [0.4, 0.5) is 19.0 Å². The topological polar surface area (TPSA) is 106 Å². The minimum atomic E-state index is -0.982. The van der Waals surface area contributed by atoms with Crippen LogP contribution in [0.25, 0.3) is 32.0 Å². The van der Waals surface area contributed by atoms with Crippen LogP contribution in [0.2, 0.25) is 0 Å². The number of amides is 1. The molecular weight excluding hydrogens is 678 g/mol. The van der Waals surface area contributed by atoms with E-state index in [0.717, 1.165) is 44.8 Å². The maximum Gasteiger partial charge on any atom is 0.257 e. The van der Waals surface area contributed by atoms with Crippen molar-refractivity contribution in [2.75, 3.05) is 19.0 Å². The van der Waals surface area contributed by atoms with Crippen LogP contribution in [0.5, 0.6) is 5.75 Å². The molecule has 6 aromatic rings. The summed E-state index contributed by atoms with van der Waals surface area (Å²) in [5, 5.41) is 13.0. The average Bonchev–Trinajstić information content (AvgIpc) is 3.97. The number of carbonyl (C=O) groups excluding carboxylic acids is 1. The third-order valence-electron chi connectivity index (χ3n) is 10.2. The molecule has 1 aliphatic carbocycles. The molecule has 0 radical (unpaired) electrons. The lowest BCUT2D eigenvalue weighted by molar-refractivity contribution is 0.0776. The molecule has 13 heteroatoms. The lowest BCUT2D eigenvalue weighted by atomic mass is 9.93. The van der Waals surface area contributed by atoms with Gasteiger partial charge in [-0.25, -0.2) is 13.8 Å². The summed E-state index contributed by atoms with van der Waals surface area (Å²) in [5.41, 5.74) is 5.54. The van der Waals surface area contributed by atoms with E-state index in [0.29, 0.717) is 71.8 Å². The smallest absolute Gasteiger partial charge is 0.257 e. The zero-order chi connectivity index (χ0) is 35.0. The summed E-state index contributed by atoms with van der Waals surface area (Å²) in [4.78, 5) is 26.8. The molecule has 3 aliphatic rings. The average molecular weight is 709 g/mol. The molecule has 2 aliphatic heterocycles. The number of anilines is 1. The number of hydrogen-bond acceptors (Lipinski definition) is 9. The Morgan fingerprint density at radius 2 is 1.88 bits per heavy atom. The monoisotopic (exact) mass is 708 g/mol. The Hall–Kier alpha value is -5.30. The zero-order valence-electron chi connectivity index (χ0n) is 27.7. The summed E-state index contributed by atoms with van der Waals surface area (Å²) in [7, 11) is 1.34. The van der Waals surface area contributed by atoms with E-state index in [1.807, 2.05) is 17.0 Å². The third kappa shape index (κ3) is 5.16. The molecule has 1 fully saturated rings. The molecule has 0 bridgehead atoms. The van der Waals surface area contributed by atoms with Crippen molar-refractivity contribution in [2.45, 2.75) is 57.5 Å². The van der Waals surface area contributed by atoms with Gasteiger partial charge in [0.2, 0.25) is 17.6 Å². The van der Waals surface area contributed by atoms with Crippen molar-refractivity contribution in [3.05, 3.63) is 106 Å². The molecule has 1 amide bonds. The van der Waals surface area contributed by atoms with Crippen molar-refractivity contribution < 1.29 is 27.1 Å². The first-order valence-corrected chi connectivity index (χ1v) is 17.7. The Morgan fingerprint density at radius 1 is 1.04 bits per heavy atom. The highest BCUT2D eigenvalue weighted by Gasteiger charge is 2.45. The molecule has 6 heterocycles. The number of hydrogen-bond donors (Lipinski definition) is 1. The summed E-state index contributed by atoms with van der Waals surface area (Å²) in [6, 6.07) is 11.2. The molecular formula is C38H31F3N6O3S. The van der Waals surface area contributed by atoms with Gasteiger partial charge in [0, 0.05) is 35.7 Å². The van der Waals surface area contributed by atoms with Crippen LogP contribution < -0.4 is 10.1 Å². The minimum Gasteiger partial charge on any atom is -0.493 e. The molecule has 4 aromatic heterocycles. The number of thiophene rings is 1. The van der Waals surface area contributed by atoms with Gasteiger partial charge in [0.1, 0.15) is 11.6 Å². The molecule has 2 unspecified atom stereocenters. The van der Waals surface area contributed by atoms with Crippen LogP contribution in [-0.2, 0) is 19.3 Å². The van der Waals surface area contributed by atoms with E-state index >= 15 is 0 Å². The lowest BCUT2D eigenvalue weighted by Gasteiger charge is -2.17. The summed E-state index contributed by atoms with van der Waals surface area (Å²) < 4.78 is 55.0. The van der Waals surface area contributed by atoms with Gasteiger partial charge in [-0.05, 0) is 85.4 Å². The number of pyridine rings is 2. The summed E-state index contributed by atoms with van der Waals surface area (Å²) in [6.45, 7) is 2.37. The van der Waals surface area contributed by atoms with Crippen LogP contribution in [-0.4, -0.2) is 44.6 Å². The van der Waals surface area contributed by atoms with Crippen molar-refractivity contribution in [3.63, 3.8) is 0 Å². The lowest BCUT2D eigenvalue weighted by Crippen LogP contribution is -2.22. The molecule has 2 aromatic carbocycles. The number of fused-ring (bicyclic) bond motifs is 5. The Labute approximate surface area is 294 Å². The first-order valence-electron chi connectivity index (χ1n) is 16.9. The number of rotatable bonds is 8. The number of aromatic nitrogens is 4. The summed E-state index contributed by atoms with van der Waals surface area (Å²) in [5.74, 6) is -1.13. The fraction of sp³-hybridized carbons (Fsp3) is 0.289. The number of benzene rings is 2. The third-order valence-corrected chi connectivity index (χ3v) is 11.4. The number of carbonyl (C=O) groups is 1. The van der Waals surface area contributed by atoms with Crippen molar-refractivity contribution >= 4 is 33.1 Å². The van der Waals surface area contributed by atoms with Crippen molar-refractivity contribution in [1.29, 1.82) is 0 Å². The quantitative estimate of drug-likeness (QED) is 0.168. The Morgan fingerprint density at radius 3 is 2.67 bits per heavy atom. The number of ether oxygens (including phenoxy) is 1. The predicted octanol–water partition coefficient (Wildman–Crippen LogP) is 8.32. The summed E-state index contributed by atoms with van der Waals surface area (Å²) >= 11 is 1.48. The van der Waals surface area contributed by atoms with E-state index in [2.05, 4.69) is 20.5 Å². The Balaban J connectivity index is 1.19. The molecule has 1 N–H and O–H groups in total. The second-order valence-electron chi connectivity index (χ2n) is 13.2. The first kappa shape index (κ1) is 31.7. The Bertz CT molecular complexity index is 2380. The van der Waals surface area contributed by atoms with Gasteiger partial charge in [0.15, 0.2) is 11.6 Å². The van der Waals surface area contributed by atoms with Crippen molar-refractivity contribution in [3.8, 4) is 27.6 Å². The van der Waals surface area contributed by atoms with Crippen LogP contribution in [0.15, 0.2) is 53.1 Å². The normalized spacial score (nSPS) is 17.7. The summed E-state index contributed by atoms with van der Waals surface area (Å²) in [6.07, 6.45) is 5.63. The van der Waals surface area contributed by atoms with E-state index in [9.17, 15) is 18.0 Å². The second kappa shape index (κ2) is 12.2. The van der Waals surface area contributed by atoms with Crippen molar-refractivity contribution in [2.24, 2.45) is 0 Å². The highest BCUT2D eigenvalue weighted by molar-refractivity contribution is 7.23. The standard InChI is InChI=1S/C38H31F3N6O3S/c1-18-45-46-37(50-18)29-26(11-7-19-5-8-21(39)9-6-19)43-33-27-4-3-15-47(27)38(48)31(33)30(29)28-16-20-13-14-42-36(35(20)51-28)44-25-12-10-22-23(25)17-24(40)32(41)34(22)49-2/h5-6,8-9,13-14,16-17,25,27H,3-4,7,10-12,15H2,1-2H3,(H,42,44). The Kier molecular flexibility index (Phi) is 7.57. The van der Waals surface area contributed by atoms with Gasteiger partial charge in [0.05, 0.1) is 46.4 Å². The maximum absolute atomic E-state index is 14.6. The van der Waals surface area contributed by atoms with Gasteiger partial charge in [-0.1, -0.05) is 12.1 Å². The molecule has 1 saturated heterocycles. The minimum absolute atomic E-state index is 0.0605. The van der Waals surface area contributed by atoms with E-state index in [1.165, 1.54) is 36.6 Å². The van der Waals surface area contributed by atoms with E-state index in [4.69, 9.17) is 14.1 Å². The van der Waals surface area contributed by atoms with Crippen LogP contribution in [0, 0.1) is 24.4 Å². The van der Waals surface area contributed by atoms with Crippen LogP contribution in [0.3, 0.4) is 0 Å². The SMILES string of the molecule is COc1c(F)c(F)cc2c1CCC2Nc1nccc2cc(-c3c4c(nc(CCc5ccc(F)cc5)c3-c3nnc(C)o3)C3CCCN3C4=O)sc12. The molecule has 258 valence electrons. The molecule has 9 nitrogen and oxygen atoms in total. The fourth-order valence-corrected chi connectivity index (χ4v) is 9.07. The maximum atomic E-state index is 14.6. The van der Waals surface area contributed by atoms with E-state index < -0.39 is 11.6 Å². The van der Waals surface area contributed by atoms with Gasteiger partial charge in [-0.15, -0.1) is 21.5 Å². The number of halogens is 3. The molecule has 0 saturated carbocycles. The molecule has 51 heavy (non-hydrogen) atoms. The van der Waals surface area contributed by atoms with Crippen LogP contribution in [0.1, 0.15) is 75.7 Å². The van der Waals surface area contributed by atoms with Gasteiger partial charge >= 0.3 is 0 Å². The largest absolute Gasteiger partial charge is 0.493 e. The number of nitrogens with zero attached hydrogens (tertiary/aromatic N) is 5. The van der Waals surface area contributed by atoms with Crippen molar-refractivity contribution in [1.82, 2.24) is 25.1 Å². The van der Waals surface area contributed by atoms with Crippen LogP contribution >= 0.6 is 11.3 Å². The second-order valence-corrected chi connectivity index (χ2v) is 14.2. The predicted molar refractivity (Wildman–Crippen MR) is 185 cm³/mol. The number of aryl methyl sites for hydroxylation is 3. The first-order chi connectivity index (χ1) is 24.8.